The Balaban J connectivity index is 2.29. The number of hydrogen-bond acceptors (Lipinski definition) is 6. The minimum atomic E-state index is -0.470. The third kappa shape index (κ3) is 2.13. The molecule has 2 atom stereocenters. The van der Waals surface area contributed by atoms with Gasteiger partial charge in [-0.2, -0.15) is 0 Å². The first-order valence-electron chi connectivity index (χ1n) is 7.36. The van der Waals surface area contributed by atoms with Crippen LogP contribution in [0.1, 0.15) is 41.0 Å². The second-order valence-electron chi connectivity index (χ2n) is 5.73. The summed E-state index contributed by atoms with van der Waals surface area (Å²) in [5.74, 6) is -0.717. The van der Waals surface area contributed by atoms with Gasteiger partial charge in [-0.15, -0.1) is 0 Å². The third-order valence-corrected chi connectivity index (χ3v) is 4.27. The number of ketones is 2. The number of methoxy groups -OCH3 is 2. The van der Waals surface area contributed by atoms with Gasteiger partial charge in [-0.05, 0) is 19.9 Å². The molecule has 0 saturated heterocycles. The molecule has 23 heavy (non-hydrogen) atoms. The molecule has 1 heterocycles. The Labute approximate surface area is 133 Å². The SMILES string of the molecule is COc1c(O)cc2c(c1OC)C(=O)C1=C(C[C@H](C)O[C@@H]1C)C2=O. The summed E-state index contributed by atoms with van der Waals surface area (Å²) in [5.41, 5.74) is 1.09. The molecule has 0 saturated carbocycles. The van der Waals surface area contributed by atoms with Crippen molar-refractivity contribution in [2.45, 2.75) is 32.5 Å². The Morgan fingerprint density at radius 1 is 1.13 bits per heavy atom. The average molecular weight is 318 g/mol. The molecule has 6 heteroatoms. The van der Waals surface area contributed by atoms with E-state index in [2.05, 4.69) is 0 Å². The monoisotopic (exact) mass is 318 g/mol. The topological polar surface area (TPSA) is 82.1 Å². The number of ether oxygens (including phenoxy) is 3. The largest absolute Gasteiger partial charge is 0.504 e. The number of phenolic OH excluding ortho intramolecular Hbond substituents is 1. The maximum Gasteiger partial charge on any atom is 0.203 e. The van der Waals surface area contributed by atoms with E-state index in [0.29, 0.717) is 17.6 Å². The van der Waals surface area contributed by atoms with E-state index in [9.17, 15) is 14.7 Å². The summed E-state index contributed by atoms with van der Waals surface area (Å²) in [6, 6.07) is 1.27. The predicted octanol–water partition coefficient (Wildman–Crippen LogP) is 2.28. The van der Waals surface area contributed by atoms with Crippen molar-refractivity contribution in [3.8, 4) is 17.2 Å². The zero-order valence-corrected chi connectivity index (χ0v) is 13.4. The van der Waals surface area contributed by atoms with Gasteiger partial charge in [-0.3, -0.25) is 9.59 Å². The predicted molar refractivity (Wildman–Crippen MR) is 81.5 cm³/mol. The molecule has 0 fully saturated rings. The molecule has 122 valence electrons. The minimum absolute atomic E-state index is 0.0363. The molecule has 0 unspecified atom stereocenters. The lowest BCUT2D eigenvalue weighted by Crippen LogP contribution is -2.36. The summed E-state index contributed by atoms with van der Waals surface area (Å²) in [4.78, 5) is 25.8. The minimum Gasteiger partial charge on any atom is -0.504 e. The Morgan fingerprint density at radius 2 is 1.78 bits per heavy atom. The van der Waals surface area contributed by atoms with Gasteiger partial charge in [-0.1, -0.05) is 0 Å². The molecule has 0 bridgehead atoms. The van der Waals surface area contributed by atoms with Crippen molar-refractivity contribution in [2.24, 2.45) is 0 Å². The molecule has 1 aromatic carbocycles. The van der Waals surface area contributed by atoms with Crippen molar-refractivity contribution in [1.29, 1.82) is 0 Å². The molecule has 1 aromatic rings. The van der Waals surface area contributed by atoms with E-state index in [1.807, 2.05) is 6.92 Å². The van der Waals surface area contributed by atoms with E-state index < -0.39 is 6.10 Å². The van der Waals surface area contributed by atoms with Gasteiger partial charge >= 0.3 is 0 Å². The van der Waals surface area contributed by atoms with Crippen molar-refractivity contribution in [3.05, 3.63) is 28.3 Å². The zero-order valence-electron chi connectivity index (χ0n) is 13.4. The van der Waals surface area contributed by atoms with Crippen molar-refractivity contribution in [2.75, 3.05) is 14.2 Å². The highest BCUT2D eigenvalue weighted by atomic mass is 16.5. The van der Waals surface area contributed by atoms with Crippen molar-refractivity contribution in [3.63, 3.8) is 0 Å². The lowest BCUT2D eigenvalue weighted by molar-refractivity contribution is 0.0148. The van der Waals surface area contributed by atoms with Crippen molar-refractivity contribution in [1.82, 2.24) is 0 Å². The van der Waals surface area contributed by atoms with Gasteiger partial charge in [0.05, 0.1) is 32.0 Å². The first-order valence-corrected chi connectivity index (χ1v) is 7.36. The van der Waals surface area contributed by atoms with Gasteiger partial charge < -0.3 is 19.3 Å². The van der Waals surface area contributed by atoms with Crippen LogP contribution in [0.15, 0.2) is 17.2 Å². The van der Waals surface area contributed by atoms with Crippen LogP contribution >= 0.6 is 0 Å². The van der Waals surface area contributed by atoms with Crippen molar-refractivity contribution < 1.29 is 28.9 Å². The number of Topliss-reactive ketones (excluding diaryl/α,β-unsaturated/α-hetero) is 2. The number of rotatable bonds is 2. The quantitative estimate of drug-likeness (QED) is 0.901. The summed E-state index contributed by atoms with van der Waals surface area (Å²) in [6.07, 6.45) is -0.239. The first kappa shape index (κ1) is 15.6. The van der Waals surface area contributed by atoms with Crippen LogP contribution < -0.4 is 9.47 Å². The Morgan fingerprint density at radius 3 is 2.39 bits per heavy atom. The van der Waals surface area contributed by atoms with E-state index >= 15 is 0 Å². The molecule has 0 spiro atoms. The maximum absolute atomic E-state index is 13.0. The van der Waals surface area contributed by atoms with E-state index in [-0.39, 0.29) is 46.0 Å². The van der Waals surface area contributed by atoms with Gasteiger partial charge in [0.2, 0.25) is 5.75 Å². The van der Waals surface area contributed by atoms with Gasteiger partial charge in [0.15, 0.2) is 23.1 Å². The van der Waals surface area contributed by atoms with E-state index in [4.69, 9.17) is 14.2 Å². The standard InChI is InChI=1S/C17H18O6/c1-7-5-9-12(8(2)23-7)15(20)13-10(14(9)19)6-11(18)16(21-3)17(13)22-4/h6-8,18H,5H2,1-4H3/t7-,8+/m0/s1. The number of aromatic hydroxyl groups is 1. The molecule has 1 aliphatic heterocycles. The lowest BCUT2D eigenvalue weighted by Gasteiger charge is -2.33. The number of benzene rings is 1. The summed E-state index contributed by atoms with van der Waals surface area (Å²) in [7, 11) is 2.72. The second kappa shape index (κ2) is 5.38. The van der Waals surface area contributed by atoms with Gasteiger partial charge in [0.25, 0.3) is 0 Å². The fourth-order valence-corrected chi connectivity index (χ4v) is 3.36. The smallest absolute Gasteiger partial charge is 0.203 e. The highest BCUT2D eigenvalue weighted by Gasteiger charge is 2.41. The summed E-state index contributed by atoms with van der Waals surface area (Å²) in [5, 5.41) is 10.1. The highest BCUT2D eigenvalue weighted by Crippen LogP contribution is 2.46. The van der Waals surface area contributed by atoms with Crippen LogP contribution in [-0.2, 0) is 4.74 Å². The van der Waals surface area contributed by atoms with Crippen LogP contribution in [0.4, 0.5) is 0 Å². The number of hydrogen-bond donors (Lipinski definition) is 1. The summed E-state index contributed by atoms with van der Waals surface area (Å²) in [6.45, 7) is 3.62. The second-order valence-corrected chi connectivity index (χ2v) is 5.73. The molecule has 1 N–H and O–H groups in total. The van der Waals surface area contributed by atoms with Gasteiger partial charge in [-0.25, -0.2) is 0 Å². The van der Waals surface area contributed by atoms with Crippen LogP contribution in [0, 0.1) is 0 Å². The third-order valence-electron chi connectivity index (χ3n) is 4.27. The van der Waals surface area contributed by atoms with Crippen LogP contribution in [-0.4, -0.2) is 43.1 Å². The van der Waals surface area contributed by atoms with E-state index in [0.717, 1.165) is 0 Å². The molecule has 0 aromatic heterocycles. The van der Waals surface area contributed by atoms with Gasteiger partial charge in [0, 0.05) is 23.1 Å². The van der Waals surface area contributed by atoms with Crippen molar-refractivity contribution >= 4 is 11.6 Å². The van der Waals surface area contributed by atoms with Crippen LogP contribution in [0.25, 0.3) is 0 Å². The molecule has 0 radical (unpaired) electrons. The van der Waals surface area contributed by atoms with Crippen LogP contribution in [0.2, 0.25) is 0 Å². The Bertz CT molecular complexity index is 746. The maximum atomic E-state index is 13.0. The Kier molecular flexibility index (Phi) is 3.64. The lowest BCUT2D eigenvalue weighted by atomic mass is 9.78. The molecule has 3 rings (SSSR count). The molecule has 2 aliphatic rings. The molecule has 0 amide bonds. The summed E-state index contributed by atoms with van der Waals surface area (Å²) >= 11 is 0. The van der Waals surface area contributed by atoms with Crippen LogP contribution in [0.3, 0.4) is 0 Å². The number of fused-ring (bicyclic) bond motifs is 1. The fourth-order valence-electron chi connectivity index (χ4n) is 3.36. The molecular weight excluding hydrogens is 300 g/mol. The van der Waals surface area contributed by atoms with Gasteiger partial charge in [0.1, 0.15) is 0 Å². The molecular formula is C17H18O6. The number of phenols is 1. The average Bonchev–Trinajstić information content (AvgIpc) is 2.50. The fraction of sp³-hybridized carbons (Fsp3) is 0.412. The zero-order chi connectivity index (χ0) is 16.9. The molecule has 6 nitrogen and oxygen atoms in total. The normalized spacial score (nSPS) is 23.5. The Hall–Kier alpha value is -2.34. The van der Waals surface area contributed by atoms with E-state index in [1.165, 1.54) is 20.3 Å². The first-order chi connectivity index (χ1) is 10.9. The number of carbonyl (C=O) groups excluding carboxylic acids is 2. The van der Waals surface area contributed by atoms with Crippen LogP contribution in [0.5, 0.6) is 17.2 Å². The summed E-state index contributed by atoms with van der Waals surface area (Å²) < 4.78 is 16.1. The highest BCUT2D eigenvalue weighted by molar-refractivity contribution is 6.28. The number of carbonyl (C=O) groups is 2. The van der Waals surface area contributed by atoms with E-state index in [1.54, 1.807) is 6.92 Å². The molecule has 1 aliphatic carbocycles.